The maximum absolute atomic E-state index is 12.0. The topological polar surface area (TPSA) is 42.0 Å². The molecule has 2 rings (SSSR count). The van der Waals surface area contributed by atoms with E-state index in [1.54, 1.807) is 36.7 Å². The monoisotopic (exact) mass is 294 g/mol. The van der Waals surface area contributed by atoms with E-state index < -0.39 is 0 Å². The molecule has 1 N–H and O–H groups in total. The Balaban J connectivity index is 2.10. The summed E-state index contributed by atoms with van der Waals surface area (Å²) in [7, 11) is 0. The van der Waals surface area contributed by atoms with E-state index in [0.717, 1.165) is 5.56 Å². The van der Waals surface area contributed by atoms with Crippen molar-refractivity contribution >= 4 is 29.1 Å². The Kier molecular flexibility index (Phi) is 4.40. The third-order valence-corrected chi connectivity index (χ3v) is 3.47. The lowest BCUT2D eigenvalue weighted by atomic mass is 10.1. The molecule has 1 aromatic carbocycles. The second kappa shape index (κ2) is 6.04. The summed E-state index contributed by atoms with van der Waals surface area (Å²) < 4.78 is 0. The summed E-state index contributed by atoms with van der Waals surface area (Å²) in [4.78, 5) is 15.9. The lowest BCUT2D eigenvalue weighted by Crippen LogP contribution is -2.26. The lowest BCUT2D eigenvalue weighted by molar-refractivity contribution is 0.0940. The first-order valence-corrected chi connectivity index (χ1v) is 6.49. The quantitative estimate of drug-likeness (QED) is 0.933. The zero-order chi connectivity index (χ0) is 13.8. The van der Waals surface area contributed by atoms with Gasteiger partial charge in [0.15, 0.2) is 0 Å². The van der Waals surface area contributed by atoms with Crippen molar-refractivity contribution in [3.63, 3.8) is 0 Å². The van der Waals surface area contributed by atoms with Crippen LogP contribution in [0.4, 0.5) is 0 Å². The van der Waals surface area contributed by atoms with Crippen LogP contribution in [0.25, 0.3) is 0 Å². The molecule has 1 heterocycles. The van der Waals surface area contributed by atoms with Gasteiger partial charge < -0.3 is 5.32 Å². The number of benzene rings is 1. The molecule has 0 bridgehead atoms. The Bertz CT molecular complexity index is 587. The van der Waals surface area contributed by atoms with Crippen molar-refractivity contribution in [2.45, 2.75) is 13.0 Å². The second-order valence-corrected chi connectivity index (χ2v) is 4.92. The van der Waals surface area contributed by atoms with Crippen LogP contribution in [-0.2, 0) is 0 Å². The molecule has 0 saturated carbocycles. The molecule has 1 amide bonds. The van der Waals surface area contributed by atoms with Gasteiger partial charge in [-0.25, -0.2) is 0 Å². The minimum Gasteiger partial charge on any atom is -0.346 e. The minimum atomic E-state index is -0.157. The summed E-state index contributed by atoms with van der Waals surface area (Å²) in [6.45, 7) is 1.89. The van der Waals surface area contributed by atoms with Crippen molar-refractivity contribution in [1.29, 1.82) is 0 Å². The first-order valence-electron chi connectivity index (χ1n) is 5.74. The summed E-state index contributed by atoms with van der Waals surface area (Å²) in [5, 5.41) is 3.87. The van der Waals surface area contributed by atoms with Crippen molar-refractivity contribution in [1.82, 2.24) is 10.3 Å². The number of amides is 1. The minimum absolute atomic E-state index is 0.152. The van der Waals surface area contributed by atoms with E-state index >= 15 is 0 Å². The summed E-state index contributed by atoms with van der Waals surface area (Å²) in [6, 6.07) is 8.48. The maximum atomic E-state index is 12.0. The van der Waals surface area contributed by atoms with Crippen LogP contribution in [0.2, 0.25) is 10.0 Å². The fourth-order valence-electron chi connectivity index (χ4n) is 1.65. The van der Waals surface area contributed by atoms with Gasteiger partial charge in [0.1, 0.15) is 0 Å². The number of aromatic nitrogens is 1. The highest BCUT2D eigenvalue weighted by molar-refractivity contribution is 6.42. The third kappa shape index (κ3) is 3.46. The number of carbonyl (C=O) groups is 1. The van der Waals surface area contributed by atoms with Crippen LogP contribution in [0.15, 0.2) is 42.7 Å². The molecule has 19 heavy (non-hydrogen) atoms. The lowest BCUT2D eigenvalue weighted by Gasteiger charge is -2.15. The molecule has 1 aromatic heterocycles. The molecule has 0 saturated heterocycles. The molecule has 98 valence electrons. The Morgan fingerprint density at radius 2 is 1.84 bits per heavy atom. The van der Waals surface area contributed by atoms with Crippen molar-refractivity contribution in [3.05, 3.63) is 63.9 Å². The number of hydrogen-bond donors (Lipinski definition) is 1. The molecule has 0 radical (unpaired) electrons. The molecular formula is C14H12Cl2N2O. The van der Waals surface area contributed by atoms with Crippen LogP contribution in [-0.4, -0.2) is 10.9 Å². The van der Waals surface area contributed by atoms with Gasteiger partial charge in [0.05, 0.1) is 16.1 Å². The van der Waals surface area contributed by atoms with Gasteiger partial charge in [0.25, 0.3) is 5.91 Å². The van der Waals surface area contributed by atoms with Crippen LogP contribution in [0.5, 0.6) is 0 Å². The molecule has 0 aliphatic rings. The number of nitrogens with zero attached hydrogens (tertiary/aromatic N) is 1. The van der Waals surface area contributed by atoms with Gasteiger partial charge >= 0.3 is 0 Å². The standard InChI is InChI=1S/C14H12Cl2N2O/c1-9(11-2-3-12(15)13(16)8-11)18-14(19)10-4-6-17-7-5-10/h2-9H,1H3,(H,18,19). The molecule has 0 fully saturated rings. The molecule has 2 aromatic rings. The Morgan fingerprint density at radius 1 is 1.16 bits per heavy atom. The van der Waals surface area contributed by atoms with E-state index in [4.69, 9.17) is 23.2 Å². The predicted molar refractivity (Wildman–Crippen MR) is 76.6 cm³/mol. The van der Waals surface area contributed by atoms with Crippen LogP contribution in [0.1, 0.15) is 28.9 Å². The van der Waals surface area contributed by atoms with E-state index in [9.17, 15) is 4.79 Å². The molecule has 3 nitrogen and oxygen atoms in total. The van der Waals surface area contributed by atoms with Gasteiger partial charge in [0, 0.05) is 18.0 Å². The molecule has 5 heteroatoms. The van der Waals surface area contributed by atoms with E-state index in [-0.39, 0.29) is 11.9 Å². The van der Waals surface area contributed by atoms with E-state index in [1.807, 2.05) is 13.0 Å². The van der Waals surface area contributed by atoms with Crippen molar-refractivity contribution in [2.24, 2.45) is 0 Å². The smallest absolute Gasteiger partial charge is 0.251 e. The Hall–Kier alpha value is -1.58. The first-order chi connectivity index (χ1) is 9.08. The number of rotatable bonds is 3. The second-order valence-electron chi connectivity index (χ2n) is 4.10. The van der Waals surface area contributed by atoms with E-state index in [0.29, 0.717) is 15.6 Å². The number of halogens is 2. The van der Waals surface area contributed by atoms with Gasteiger partial charge in [-0.15, -0.1) is 0 Å². The molecule has 0 spiro atoms. The average Bonchev–Trinajstić information content (AvgIpc) is 2.42. The average molecular weight is 295 g/mol. The summed E-state index contributed by atoms with van der Waals surface area (Å²) in [5.74, 6) is -0.152. The van der Waals surface area contributed by atoms with Gasteiger partial charge in [-0.05, 0) is 36.8 Å². The Labute approximate surface area is 121 Å². The zero-order valence-corrected chi connectivity index (χ0v) is 11.7. The third-order valence-electron chi connectivity index (χ3n) is 2.73. The van der Waals surface area contributed by atoms with E-state index in [2.05, 4.69) is 10.3 Å². The van der Waals surface area contributed by atoms with Crippen LogP contribution in [0.3, 0.4) is 0 Å². The summed E-state index contributed by atoms with van der Waals surface area (Å²) in [6.07, 6.45) is 3.16. The Morgan fingerprint density at radius 3 is 2.47 bits per heavy atom. The molecule has 1 atom stereocenters. The van der Waals surface area contributed by atoms with Crippen molar-refractivity contribution < 1.29 is 4.79 Å². The fourth-order valence-corrected chi connectivity index (χ4v) is 1.95. The fraction of sp³-hybridized carbons (Fsp3) is 0.143. The normalized spacial score (nSPS) is 11.9. The van der Waals surface area contributed by atoms with Crippen LogP contribution < -0.4 is 5.32 Å². The number of hydrogen-bond acceptors (Lipinski definition) is 2. The number of carbonyl (C=O) groups excluding carboxylic acids is 1. The maximum Gasteiger partial charge on any atom is 0.251 e. The van der Waals surface area contributed by atoms with Crippen LogP contribution in [0, 0.1) is 0 Å². The molecule has 0 aliphatic carbocycles. The zero-order valence-electron chi connectivity index (χ0n) is 10.2. The summed E-state index contributed by atoms with van der Waals surface area (Å²) in [5.41, 5.74) is 1.47. The number of nitrogens with one attached hydrogen (secondary N) is 1. The highest BCUT2D eigenvalue weighted by Crippen LogP contribution is 2.25. The van der Waals surface area contributed by atoms with Gasteiger partial charge in [-0.2, -0.15) is 0 Å². The molecular weight excluding hydrogens is 283 g/mol. The number of pyridine rings is 1. The molecule has 0 aliphatic heterocycles. The SMILES string of the molecule is CC(NC(=O)c1ccncc1)c1ccc(Cl)c(Cl)c1. The first kappa shape index (κ1) is 13.8. The largest absolute Gasteiger partial charge is 0.346 e. The highest BCUT2D eigenvalue weighted by Gasteiger charge is 2.12. The van der Waals surface area contributed by atoms with Crippen LogP contribution >= 0.6 is 23.2 Å². The summed E-state index contributed by atoms with van der Waals surface area (Å²) >= 11 is 11.8. The van der Waals surface area contributed by atoms with Crippen molar-refractivity contribution in [3.8, 4) is 0 Å². The van der Waals surface area contributed by atoms with Gasteiger partial charge in [-0.1, -0.05) is 29.3 Å². The van der Waals surface area contributed by atoms with Gasteiger partial charge in [-0.3, -0.25) is 9.78 Å². The van der Waals surface area contributed by atoms with Gasteiger partial charge in [0.2, 0.25) is 0 Å². The van der Waals surface area contributed by atoms with E-state index in [1.165, 1.54) is 0 Å². The highest BCUT2D eigenvalue weighted by atomic mass is 35.5. The van der Waals surface area contributed by atoms with Crippen molar-refractivity contribution in [2.75, 3.05) is 0 Å². The predicted octanol–water partition coefficient (Wildman–Crippen LogP) is 3.88. The molecule has 1 unspecified atom stereocenters.